The fraction of sp³-hybridized carbons (Fsp3) is 0.312. The van der Waals surface area contributed by atoms with Gasteiger partial charge < -0.3 is 9.47 Å². The maximum Gasteiger partial charge on any atom is 0.122 e. The number of rotatable bonds is 5. The number of alkyl halides is 1. The summed E-state index contributed by atoms with van der Waals surface area (Å²) in [6.45, 7) is 2.02. The number of ether oxygens (including phenoxy) is 2. The summed E-state index contributed by atoms with van der Waals surface area (Å²) in [4.78, 5) is 4.38. The van der Waals surface area contributed by atoms with Crippen LogP contribution in [0.5, 0.6) is 11.5 Å². The van der Waals surface area contributed by atoms with Crippen LogP contribution in [0.1, 0.15) is 22.2 Å². The highest BCUT2D eigenvalue weighted by molar-refractivity contribution is 6.21. The van der Waals surface area contributed by atoms with E-state index in [1.54, 1.807) is 14.2 Å². The molecule has 3 nitrogen and oxygen atoms in total. The van der Waals surface area contributed by atoms with Crippen LogP contribution < -0.4 is 9.47 Å². The van der Waals surface area contributed by atoms with Gasteiger partial charge in [-0.3, -0.25) is 4.98 Å². The minimum absolute atomic E-state index is 0.172. The number of benzene rings is 1. The fourth-order valence-electron chi connectivity index (χ4n) is 1.93. The number of nitrogens with zero attached hydrogens (tertiary/aromatic N) is 1. The number of aromatic nitrogens is 1. The van der Waals surface area contributed by atoms with Crippen LogP contribution in [-0.2, 0) is 6.42 Å². The van der Waals surface area contributed by atoms with Gasteiger partial charge in [0, 0.05) is 24.4 Å². The standard InChI is InChI=1S/C16H18ClNO2/c1-11-4-5-13(18-10-11)8-16(17)12-6-14(19-2)9-15(7-12)20-3/h4-7,9-10,16H,8H2,1-3H3. The molecule has 2 rings (SSSR count). The van der Waals surface area contributed by atoms with Gasteiger partial charge in [-0.1, -0.05) is 6.07 Å². The summed E-state index contributed by atoms with van der Waals surface area (Å²) in [6.07, 6.45) is 2.52. The van der Waals surface area contributed by atoms with Crippen LogP contribution in [0.4, 0.5) is 0 Å². The van der Waals surface area contributed by atoms with Crippen molar-refractivity contribution in [2.45, 2.75) is 18.7 Å². The Balaban J connectivity index is 2.19. The molecule has 0 N–H and O–H groups in total. The van der Waals surface area contributed by atoms with Crippen LogP contribution in [0.3, 0.4) is 0 Å². The Labute approximate surface area is 124 Å². The quantitative estimate of drug-likeness (QED) is 0.782. The second-order valence-corrected chi connectivity index (χ2v) is 5.17. The molecule has 0 saturated heterocycles. The molecule has 1 aromatic carbocycles. The number of aryl methyl sites for hydroxylation is 1. The van der Waals surface area contributed by atoms with E-state index in [2.05, 4.69) is 4.98 Å². The second kappa shape index (κ2) is 6.62. The maximum absolute atomic E-state index is 6.49. The topological polar surface area (TPSA) is 31.4 Å². The van der Waals surface area contributed by atoms with E-state index in [0.29, 0.717) is 6.42 Å². The highest BCUT2D eigenvalue weighted by atomic mass is 35.5. The van der Waals surface area contributed by atoms with Gasteiger partial charge in [-0.25, -0.2) is 0 Å². The Kier molecular flexibility index (Phi) is 4.85. The largest absolute Gasteiger partial charge is 0.497 e. The van der Waals surface area contributed by atoms with Crippen LogP contribution in [0.2, 0.25) is 0 Å². The van der Waals surface area contributed by atoms with Gasteiger partial charge in [-0.2, -0.15) is 0 Å². The Morgan fingerprint density at radius 1 is 1.10 bits per heavy atom. The second-order valence-electron chi connectivity index (χ2n) is 4.64. The highest BCUT2D eigenvalue weighted by Gasteiger charge is 2.12. The number of pyridine rings is 1. The summed E-state index contributed by atoms with van der Waals surface area (Å²) >= 11 is 6.49. The fourth-order valence-corrected chi connectivity index (χ4v) is 2.22. The van der Waals surface area contributed by atoms with Crippen molar-refractivity contribution >= 4 is 11.6 Å². The van der Waals surface area contributed by atoms with Crippen molar-refractivity contribution in [3.63, 3.8) is 0 Å². The smallest absolute Gasteiger partial charge is 0.122 e. The average Bonchev–Trinajstić information content (AvgIpc) is 2.48. The van der Waals surface area contributed by atoms with Gasteiger partial charge in [0.1, 0.15) is 11.5 Å². The van der Waals surface area contributed by atoms with Crippen molar-refractivity contribution in [2.75, 3.05) is 14.2 Å². The van der Waals surface area contributed by atoms with Gasteiger partial charge in [0.05, 0.1) is 19.6 Å². The zero-order valence-electron chi connectivity index (χ0n) is 11.9. The minimum Gasteiger partial charge on any atom is -0.497 e. The predicted molar refractivity (Wildman–Crippen MR) is 80.8 cm³/mol. The molecule has 0 aliphatic carbocycles. The molecule has 0 spiro atoms. The van der Waals surface area contributed by atoms with Gasteiger partial charge in [0.15, 0.2) is 0 Å². The monoisotopic (exact) mass is 291 g/mol. The SMILES string of the molecule is COc1cc(OC)cc(C(Cl)Cc2ccc(C)cn2)c1. The van der Waals surface area contributed by atoms with Crippen molar-refractivity contribution in [2.24, 2.45) is 0 Å². The first-order valence-electron chi connectivity index (χ1n) is 6.41. The lowest BCUT2D eigenvalue weighted by atomic mass is 10.1. The van der Waals surface area contributed by atoms with Crippen LogP contribution in [0, 0.1) is 6.92 Å². The molecule has 0 saturated carbocycles. The number of hydrogen-bond donors (Lipinski definition) is 0. The molecule has 4 heteroatoms. The van der Waals surface area contributed by atoms with E-state index in [9.17, 15) is 0 Å². The molecular formula is C16H18ClNO2. The third-order valence-corrected chi connectivity index (χ3v) is 3.50. The summed E-state index contributed by atoms with van der Waals surface area (Å²) in [7, 11) is 3.26. The van der Waals surface area contributed by atoms with E-state index < -0.39 is 0 Å². The molecule has 1 atom stereocenters. The lowest BCUT2D eigenvalue weighted by Gasteiger charge is -2.13. The Bertz CT molecular complexity index is 547. The molecule has 0 aliphatic heterocycles. The Morgan fingerprint density at radius 2 is 1.75 bits per heavy atom. The maximum atomic E-state index is 6.49. The Hall–Kier alpha value is -1.74. The number of methoxy groups -OCH3 is 2. The number of halogens is 1. The summed E-state index contributed by atoms with van der Waals surface area (Å²) in [5.74, 6) is 1.48. The molecule has 0 bridgehead atoms. The molecule has 1 heterocycles. The lowest BCUT2D eigenvalue weighted by molar-refractivity contribution is 0.393. The van der Waals surface area contributed by atoms with E-state index in [-0.39, 0.29) is 5.38 Å². The van der Waals surface area contributed by atoms with Gasteiger partial charge in [-0.05, 0) is 36.2 Å². The van der Waals surface area contributed by atoms with E-state index in [4.69, 9.17) is 21.1 Å². The van der Waals surface area contributed by atoms with Crippen molar-refractivity contribution < 1.29 is 9.47 Å². The van der Waals surface area contributed by atoms with Crippen molar-refractivity contribution in [3.8, 4) is 11.5 Å². The van der Waals surface area contributed by atoms with Crippen molar-refractivity contribution in [3.05, 3.63) is 53.3 Å². The first-order valence-corrected chi connectivity index (χ1v) is 6.84. The first-order chi connectivity index (χ1) is 9.62. The zero-order chi connectivity index (χ0) is 14.5. The highest BCUT2D eigenvalue weighted by Crippen LogP contribution is 2.31. The molecule has 1 aromatic heterocycles. The molecule has 1 unspecified atom stereocenters. The molecule has 2 aromatic rings. The van der Waals surface area contributed by atoms with Crippen molar-refractivity contribution in [1.82, 2.24) is 4.98 Å². The van der Waals surface area contributed by atoms with E-state index in [1.165, 1.54) is 0 Å². The van der Waals surface area contributed by atoms with Gasteiger partial charge in [-0.15, -0.1) is 11.6 Å². The minimum atomic E-state index is -0.172. The average molecular weight is 292 g/mol. The van der Waals surface area contributed by atoms with E-state index in [1.807, 2.05) is 43.5 Å². The van der Waals surface area contributed by atoms with Crippen LogP contribution in [-0.4, -0.2) is 19.2 Å². The molecule has 20 heavy (non-hydrogen) atoms. The molecule has 0 amide bonds. The normalized spacial score (nSPS) is 12.0. The van der Waals surface area contributed by atoms with E-state index >= 15 is 0 Å². The molecule has 0 radical (unpaired) electrons. The van der Waals surface area contributed by atoms with Crippen molar-refractivity contribution in [1.29, 1.82) is 0 Å². The van der Waals surface area contributed by atoms with Gasteiger partial charge >= 0.3 is 0 Å². The molecule has 0 aliphatic rings. The zero-order valence-corrected chi connectivity index (χ0v) is 12.6. The molecular weight excluding hydrogens is 274 g/mol. The summed E-state index contributed by atoms with van der Waals surface area (Å²) < 4.78 is 10.5. The summed E-state index contributed by atoms with van der Waals surface area (Å²) in [5.41, 5.74) is 3.07. The predicted octanol–water partition coefficient (Wildman–Crippen LogP) is 3.93. The van der Waals surface area contributed by atoms with E-state index in [0.717, 1.165) is 28.3 Å². The molecule has 0 fully saturated rings. The van der Waals surface area contributed by atoms with Crippen LogP contribution >= 0.6 is 11.6 Å². The number of hydrogen-bond acceptors (Lipinski definition) is 3. The summed E-state index contributed by atoms with van der Waals surface area (Å²) in [5, 5.41) is -0.172. The third-order valence-electron chi connectivity index (χ3n) is 3.10. The van der Waals surface area contributed by atoms with Gasteiger partial charge in [0.25, 0.3) is 0 Å². The summed E-state index contributed by atoms with van der Waals surface area (Å²) in [6, 6.07) is 9.72. The third kappa shape index (κ3) is 3.64. The van der Waals surface area contributed by atoms with Crippen LogP contribution in [0.15, 0.2) is 36.5 Å². The van der Waals surface area contributed by atoms with Crippen LogP contribution in [0.25, 0.3) is 0 Å². The molecule has 106 valence electrons. The first kappa shape index (κ1) is 14.7. The van der Waals surface area contributed by atoms with Gasteiger partial charge in [0.2, 0.25) is 0 Å². The Morgan fingerprint density at radius 3 is 2.25 bits per heavy atom. The lowest BCUT2D eigenvalue weighted by Crippen LogP contribution is -2.00.